The van der Waals surface area contributed by atoms with Gasteiger partial charge in [-0.05, 0) is 32.1 Å². The molecule has 1 fully saturated rings. The standard InChI is InChI=1S/C10H18F3N/c1-7(14)5-8-3-2-4-9(6-8)10(11,12)13/h7-9H,2-6,14H2,1H3. The SMILES string of the molecule is CC(N)CC1CCCC(C(F)(F)F)C1. The van der Waals surface area contributed by atoms with Crippen LogP contribution in [0, 0.1) is 11.8 Å². The molecule has 1 nitrogen and oxygen atoms in total. The maximum atomic E-state index is 12.4. The average Bonchev–Trinajstić information content (AvgIpc) is 2.01. The zero-order chi connectivity index (χ0) is 10.8. The molecule has 0 spiro atoms. The largest absolute Gasteiger partial charge is 0.391 e. The third-order valence-corrected chi connectivity index (χ3v) is 2.95. The molecule has 0 aromatic rings. The van der Waals surface area contributed by atoms with E-state index in [9.17, 15) is 13.2 Å². The molecule has 0 amide bonds. The molecule has 2 N–H and O–H groups in total. The Morgan fingerprint density at radius 2 is 2.00 bits per heavy atom. The Labute approximate surface area is 82.9 Å². The van der Waals surface area contributed by atoms with Gasteiger partial charge >= 0.3 is 6.18 Å². The van der Waals surface area contributed by atoms with Crippen molar-refractivity contribution in [2.24, 2.45) is 17.6 Å². The van der Waals surface area contributed by atoms with Crippen LogP contribution in [-0.4, -0.2) is 12.2 Å². The Bertz CT molecular complexity index is 177. The molecule has 0 heterocycles. The molecule has 84 valence electrons. The molecule has 0 radical (unpaired) electrons. The van der Waals surface area contributed by atoms with Gasteiger partial charge in [-0.2, -0.15) is 13.2 Å². The van der Waals surface area contributed by atoms with Crippen LogP contribution in [0.4, 0.5) is 13.2 Å². The molecule has 4 heteroatoms. The molecule has 0 aromatic heterocycles. The summed E-state index contributed by atoms with van der Waals surface area (Å²) in [6, 6.07) is 0.0204. The van der Waals surface area contributed by atoms with Crippen molar-refractivity contribution in [1.82, 2.24) is 0 Å². The third kappa shape index (κ3) is 3.48. The van der Waals surface area contributed by atoms with Gasteiger partial charge in [-0.3, -0.25) is 0 Å². The number of hydrogen-bond acceptors (Lipinski definition) is 1. The molecule has 0 aromatic carbocycles. The predicted octanol–water partition coefficient (Wildman–Crippen LogP) is 3.09. The molecular weight excluding hydrogens is 191 g/mol. The van der Waals surface area contributed by atoms with Gasteiger partial charge in [0.1, 0.15) is 0 Å². The summed E-state index contributed by atoms with van der Waals surface area (Å²) in [5.74, 6) is -0.907. The van der Waals surface area contributed by atoms with Gasteiger partial charge in [0.05, 0.1) is 5.92 Å². The highest BCUT2D eigenvalue weighted by molar-refractivity contribution is 4.79. The molecule has 0 bridgehead atoms. The fraction of sp³-hybridized carbons (Fsp3) is 1.00. The van der Waals surface area contributed by atoms with Crippen molar-refractivity contribution in [2.75, 3.05) is 0 Å². The molecule has 3 atom stereocenters. The minimum atomic E-state index is -4.00. The lowest BCUT2D eigenvalue weighted by Gasteiger charge is -2.31. The molecule has 0 aliphatic heterocycles. The van der Waals surface area contributed by atoms with Gasteiger partial charge < -0.3 is 5.73 Å². The highest BCUT2D eigenvalue weighted by Gasteiger charge is 2.41. The van der Waals surface area contributed by atoms with Crippen molar-refractivity contribution < 1.29 is 13.2 Å². The fourth-order valence-electron chi connectivity index (χ4n) is 2.33. The van der Waals surface area contributed by atoms with Crippen LogP contribution in [0.15, 0.2) is 0 Å². The van der Waals surface area contributed by atoms with Gasteiger partial charge in [-0.15, -0.1) is 0 Å². The molecule has 1 saturated carbocycles. The normalized spacial score (nSPS) is 31.5. The smallest absolute Gasteiger partial charge is 0.328 e. The van der Waals surface area contributed by atoms with Crippen LogP contribution in [0.3, 0.4) is 0 Å². The fourth-order valence-corrected chi connectivity index (χ4v) is 2.33. The molecule has 1 rings (SSSR count). The zero-order valence-corrected chi connectivity index (χ0v) is 8.48. The van der Waals surface area contributed by atoms with E-state index in [0.29, 0.717) is 12.8 Å². The van der Waals surface area contributed by atoms with Crippen LogP contribution in [0.5, 0.6) is 0 Å². The lowest BCUT2D eigenvalue weighted by molar-refractivity contribution is -0.186. The van der Waals surface area contributed by atoms with E-state index >= 15 is 0 Å². The Morgan fingerprint density at radius 1 is 1.36 bits per heavy atom. The highest BCUT2D eigenvalue weighted by Crippen LogP contribution is 2.40. The van der Waals surface area contributed by atoms with Gasteiger partial charge in [0, 0.05) is 6.04 Å². The summed E-state index contributed by atoms with van der Waals surface area (Å²) >= 11 is 0. The van der Waals surface area contributed by atoms with Crippen LogP contribution in [0.1, 0.15) is 39.0 Å². The lowest BCUT2D eigenvalue weighted by Crippen LogP contribution is -2.31. The van der Waals surface area contributed by atoms with E-state index in [-0.39, 0.29) is 18.4 Å². The van der Waals surface area contributed by atoms with E-state index in [1.165, 1.54) is 0 Å². The van der Waals surface area contributed by atoms with Crippen molar-refractivity contribution >= 4 is 0 Å². The van der Waals surface area contributed by atoms with Gasteiger partial charge in [0.15, 0.2) is 0 Å². The summed E-state index contributed by atoms with van der Waals surface area (Å²) in [4.78, 5) is 0. The Hall–Kier alpha value is -0.250. The molecule has 3 unspecified atom stereocenters. The first kappa shape index (κ1) is 11.8. The van der Waals surface area contributed by atoms with Crippen molar-refractivity contribution in [1.29, 1.82) is 0 Å². The average molecular weight is 209 g/mol. The number of rotatable bonds is 2. The van der Waals surface area contributed by atoms with Gasteiger partial charge in [-0.1, -0.05) is 12.8 Å². The van der Waals surface area contributed by atoms with Crippen LogP contribution in [0.2, 0.25) is 0 Å². The quantitative estimate of drug-likeness (QED) is 0.743. The van der Waals surface area contributed by atoms with Crippen molar-refractivity contribution in [2.45, 2.75) is 51.2 Å². The molecular formula is C10H18F3N. The summed E-state index contributed by atoms with van der Waals surface area (Å²) in [6.07, 6.45) is -1.08. The van der Waals surface area contributed by atoms with Crippen LogP contribution < -0.4 is 5.73 Å². The summed E-state index contributed by atoms with van der Waals surface area (Å²) in [6.45, 7) is 1.86. The Morgan fingerprint density at radius 3 is 2.50 bits per heavy atom. The lowest BCUT2D eigenvalue weighted by atomic mass is 9.78. The Balaban J connectivity index is 2.44. The van der Waals surface area contributed by atoms with E-state index in [4.69, 9.17) is 5.73 Å². The number of hydrogen-bond donors (Lipinski definition) is 1. The molecule has 1 aliphatic carbocycles. The van der Waals surface area contributed by atoms with Gasteiger partial charge in [0.2, 0.25) is 0 Å². The van der Waals surface area contributed by atoms with E-state index in [0.717, 1.165) is 12.8 Å². The van der Waals surface area contributed by atoms with E-state index in [2.05, 4.69) is 0 Å². The summed E-state index contributed by atoms with van der Waals surface area (Å²) in [5.41, 5.74) is 5.60. The monoisotopic (exact) mass is 209 g/mol. The topological polar surface area (TPSA) is 26.0 Å². The summed E-state index contributed by atoms with van der Waals surface area (Å²) < 4.78 is 37.3. The van der Waals surface area contributed by atoms with Crippen LogP contribution >= 0.6 is 0 Å². The third-order valence-electron chi connectivity index (χ3n) is 2.95. The number of halogens is 3. The van der Waals surface area contributed by atoms with E-state index in [1.807, 2.05) is 6.92 Å². The number of nitrogens with two attached hydrogens (primary N) is 1. The van der Waals surface area contributed by atoms with Crippen molar-refractivity contribution in [3.05, 3.63) is 0 Å². The Kier molecular flexibility index (Phi) is 3.81. The second-order valence-corrected chi connectivity index (χ2v) is 4.48. The zero-order valence-electron chi connectivity index (χ0n) is 8.48. The first-order valence-corrected chi connectivity index (χ1v) is 5.22. The summed E-state index contributed by atoms with van der Waals surface area (Å²) in [5, 5.41) is 0. The van der Waals surface area contributed by atoms with Crippen molar-refractivity contribution in [3.8, 4) is 0 Å². The first-order valence-electron chi connectivity index (χ1n) is 5.22. The van der Waals surface area contributed by atoms with E-state index < -0.39 is 12.1 Å². The molecule has 1 aliphatic rings. The maximum absolute atomic E-state index is 12.4. The van der Waals surface area contributed by atoms with Gasteiger partial charge in [-0.25, -0.2) is 0 Å². The first-order chi connectivity index (χ1) is 6.39. The number of alkyl halides is 3. The second kappa shape index (κ2) is 4.51. The minimum Gasteiger partial charge on any atom is -0.328 e. The second-order valence-electron chi connectivity index (χ2n) is 4.48. The highest BCUT2D eigenvalue weighted by atomic mass is 19.4. The van der Waals surface area contributed by atoms with Crippen LogP contribution in [0.25, 0.3) is 0 Å². The minimum absolute atomic E-state index is 0.0204. The predicted molar refractivity (Wildman–Crippen MR) is 49.8 cm³/mol. The maximum Gasteiger partial charge on any atom is 0.391 e. The van der Waals surface area contributed by atoms with Crippen molar-refractivity contribution in [3.63, 3.8) is 0 Å². The van der Waals surface area contributed by atoms with E-state index in [1.54, 1.807) is 0 Å². The van der Waals surface area contributed by atoms with Gasteiger partial charge in [0.25, 0.3) is 0 Å². The molecule has 14 heavy (non-hydrogen) atoms. The summed E-state index contributed by atoms with van der Waals surface area (Å²) in [7, 11) is 0. The molecule has 0 saturated heterocycles. The van der Waals surface area contributed by atoms with Crippen LogP contribution in [-0.2, 0) is 0 Å².